The van der Waals surface area contributed by atoms with Crippen molar-refractivity contribution in [3.05, 3.63) is 40.3 Å². The molecule has 0 N–H and O–H groups in total. The lowest BCUT2D eigenvalue weighted by Crippen LogP contribution is -1.79. The Bertz CT molecular complexity index is 297. The molecule has 0 unspecified atom stereocenters. The summed E-state index contributed by atoms with van der Waals surface area (Å²) in [6.45, 7) is 0. The Labute approximate surface area is 79.0 Å². The van der Waals surface area contributed by atoms with Crippen molar-refractivity contribution in [2.24, 2.45) is 0 Å². The molecule has 0 amide bonds. The standard InChI is InChI=1S/C9H8BrFO/c1-12-5-4-7-6-8(11)2-3-9(7)10/h2-6H,1H3. The van der Waals surface area contributed by atoms with Gasteiger partial charge < -0.3 is 4.74 Å². The van der Waals surface area contributed by atoms with Crippen molar-refractivity contribution in [1.82, 2.24) is 0 Å². The topological polar surface area (TPSA) is 9.23 Å². The van der Waals surface area contributed by atoms with Gasteiger partial charge in [-0.1, -0.05) is 15.9 Å². The predicted molar refractivity (Wildman–Crippen MR) is 50.1 cm³/mol. The van der Waals surface area contributed by atoms with Crippen LogP contribution >= 0.6 is 15.9 Å². The van der Waals surface area contributed by atoms with Crippen LogP contribution in [0.4, 0.5) is 4.39 Å². The molecule has 0 bridgehead atoms. The van der Waals surface area contributed by atoms with Crippen molar-refractivity contribution in [2.45, 2.75) is 0 Å². The first-order valence-electron chi connectivity index (χ1n) is 3.38. The molecule has 1 rings (SSSR count). The number of benzene rings is 1. The molecular formula is C9H8BrFO. The van der Waals surface area contributed by atoms with E-state index in [-0.39, 0.29) is 5.82 Å². The smallest absolute Gasteiger partial charge is 0.123 e. The summed E-state index contributed by atoms with van der Waals surface area (Å²) < 4.78 is 18.2. The summed E-state index contributed by atoms with van der Waals surface area (Å²) in [5.41, 5.74) is 0.761. The van der Waals surface area contributed by atoms with Gasteiger partial charge in [0.15, 0.2) is 0 Å². The van der Waals surface area contributed by atoms with Gasteiger partial charge in [-0.15, -0.1) is 0 Å². The molecule has 0 heterocycles. The molecule has 0 aromatic heterocycles. The van der Waals surface area contributed by atoms with E-state index in [2.05, 4.69) is 15.9 Å². The van der Waals surface area contributed by atoms with Gasteiger partial charge in [0.25, 0.3) is 0 Å². The van der Waals surface area contributed by atoms with E-state index in [4.69, 9.17) is 4.74 Å². The molecule has 0 fully saturated rings. The first kappa shape index (κ1) is 9.26. The highest BCUT2D eigenvalue weighted by atomic mass is 79.9. The van der Waals surface area contributed by atoms with Gasteiger partial charge in [-0.2, -0.15) is 0 Å². The number of methoxy groups -OCH3 is 1. The lowest BCUT2D eigenvalue weighted by molar-refractivity contribution is 0.341. The molecule has 64 valence electrons. The third-order valence-electron chi connectivity index (χ3n) is 1.34. The molecule has 3 heteroatoms. The lowest BCUT2D eigenvalue weighted by Gasteiger charge is -1.97. The van der Waals surface area contributed by atoms with Crippen LogP contribution in [0.25, 0.3) is 6.08 Å². The molecule has 0 aliphatic carbocycles. The summed E-state index contributed by atoms with van der Waals surface area (Å²) in [6.07, 6.45) is 3.19. The lowest BCUT2D eigenvalue weighted by atomic mass is 10.2. The molecular weight excluding hydrogens is 223 g/mol. The summed E-state index contributed by atoms with van der Waals surface area (Å²) in [5.74, 6) is -0.256. The molecule has 1 aromatic rings. The van der Waals surface area contributed by atoms with Gasteiger partial charge in [0.2, 0.25) is 0 Å². The number of ether oxygens (including phenoxy) is 1. The summed E-state index contributed by atoms with van der Waals surface area (Å²) >= 11 is 3.29. The maximum atomic E-state index is 12.7. The predicted octanol–water partition coefficient (Wildman–Crippen LogP) is 3.21. The minimum Gasteiger partial charge on any atom is -0.504 e. The fourth-order valence-electron chi connectivity index (χ4n) is 0.784. The van der Waals surface area contributed by atoms with E-state index in [0.29, 0.717) is 0 Å². The summed E-state index contributed by atoms with van der Waals surface area (Å²) in [5, 5.41) is 0. The highest BCUT2D eigenvalue weighted by Crippen LogP contribution is 2.18. The second-order valence-corrected chi connectivity index (χ2v) is 3.06. The van der Waals surface area contributed by atoms with Crippen LogP contribution in [0, 0.1) is 5.82 Å². The van der Waals surface area contributed by atoms with Crippen LogP contribution in [0.3, 0.4) is 0 Å². The molecule has 0 aliphatic heterocycles. The van der Waals surface area contributed by atoms with Gasteiger partial charge in [-0.05, 0) is 29.8 Å². The van der Waals surface area contributed by atoms with Crippen molar-refractivity contribution >= 4 is 22.0 Å². The van der Waals surface area contributed by atoms with E-state index in [9.17, 15) is 4.39 Å². The zero-order valence-electron chi connectivity index (χ0n) is 6.55. The highest BCUT2D eigenvalue weighted by molar-refractivity contribution is 9.10. The Morgan fingerprint density at radius 1 is 1.50 bits per heavy atom. The molecule has 0 aliphatic rings. The first-order chi connectivity index (χ1) is 5.74. The Morgan fingerprint density at radius 2 is 2.25 bits per heavy atom. The quantitative estimate of drug-likeness (QED) is 0.710. The molecule has 0 saturated heterocycles. The summed E-state index contributed by atoms with van der Waals surface area (Å²) in [6, 6.07) is 4.48. The van der Waals surface area contributed by atoms with Crippen LogP contribution in [0.15, 0.2) is 28.9 Å². The largest absolute Gasteiger partial charge is 0.504 e. The average molecular weight is 231 g/mol. The Hall–Kier alpha value is -0.830. The van der Waals surface area contributed by atoms with Gasteiger partial charge in [0.05, 0.1) is 13.4 Å². The maximum absolute atomic E-state index is 12.7. The second kappa shape index (κ2) is 4.26. The third kappa shape index (κ3) is 2.34. The minimum atomic E-state index is -0.256. The van der Waals surface area contributed by atoms with Crippen molar-refractivity contribution in [2.75, 3.05) is 7.11 Å². The molecule has 0 spiro atoms. The average Bonchev–Trinajstić information content (AvgIpc) is 2.07. The van der Waals surface area contributed by atoms with Crippen molar-refractivity contribution in [3.8, 4) is 0 Å². The molecule has 0 atom stereocenters. The fourth-order valence-corrected chi connectivity index (χ4v) is 1.16. The number of rotatable bonds is 2. The van der Waals surface area contributed by atoms with Crippen molar-refractivity contribution < 1.29 is 9.13 Å². The van der Waals surface area contributed by atoms with Gasteiger partial charge in [-0.25, -0.2) is 4.39 Å². The Balaban J connectivity index is 2.97. The maximum Gasteiger partial charge on any atom is 0.123 e. The molecule has 1 aromatic carbocycles. The molecule has 0 saturated carbocycles. The number of hydrogen-bond acceptors (Lipinski definition) is 1. The van der Waals surface area contributed by atoms with E-state index in [1.54, 1.807) is 19.3 Å². The monoisotopic (exact) mass is 230 g/mol. The second-order valence-electron chi connectivity index (χ2n) is 2.20. The van der Waals surface area contributed by atoms with Crippen LogP contribution in [-0.2, 0) is 4.74 Å². The zero-order chi connectivity index (χ0) is 8.97. The van der Waals surface area contributed by atoms with Crippen LogP contribution in [0.2, 0.25) is 0 Å². The summed E-state index contributed by atoms with van der Waals surface area (Å²) in [7, 11) is 1.55. The van der Waals surface area contributed by atoms with Crippen LogP contribution in [0.5, 0.6) is 0 Å². The molecule has 1 nitrogen and oxygen atoms in total. The SMILES string of the molecule is COC=Cc1cc(F)ccc1Br. The van der Waals surface area contributed by atoms with Crippen molar-refractivity contribution in [1.29, 1.82) is 0 Å². The number of halogens is 2. The van der Waals surface area contributed by atoms with Gasteiger partial charge in [-0.3, -0.25) is 0 Å². The Kier molecular flexibility index (Phi) is 3.29. The zero-order valence-corrected chi connectivity index (χ0v) is 8.14. The molecule has 0 radical (unpaired) electrons. The van der Waals surface area contributed by atoms with E-state index >= 15 is 0 Å². The normalized spacial score (nSPS) is 10.6. The van der Waals surface area contributed by atoms with E-state index in [1.807, 2.05) is 0 Å². The van der Waals surface area contributed by atoms with Crippen molar-refractivity contribution in [3.63, 3.8) is 0 Å². The minimum absolute atomic E-state index is 0.256. The van der Waals surface area contributed by atoms with Gasteiger partial charge in [0.1, 0.15) is 5.82 Å². The van der Waals surface area contributed by atoms with Crippen LogP contribution in [0.1, 0.15) is 5.56 Å². The summed E-state index contributed by atoms with van der Waals surface area (Å²) in [4.78, 5) is 0. The van der Waals surface area contributed by atoms with Crippen LogP contribution < -0.4 is 0 Å². The highest BCUT2D eigenvalue weighted by Gasteiger charge is 1.96. The fraction of sp³-hybridized carbons (Fsp3) is 0.111. The van der Waals surface area contributed by atoms with E-state index in [1.165, 1.54) is 18.4 Å². The van der Waals surface area contributed by atoms with Gasteiger partial charge >= 0.3 is 0 Å². The Morgan fingerprint density at radius 3 is 2.92 bits per heavy atom. The number of hydrogen-bond donors (Lipinski definition) is 0. The van der Waals surface area contributed by atoms with E-state index < -0.39 is 0 Å². The first-order valence-corrected chi connectivity index (χ1v) is 4.17. The molecule has 12 heavy (non-hydrogen) atoms. The van der Waals surface area contributed by atoms with Gasteiger partial charge in [0, 0.05) is 4.47 Å². The third-order valence-corrected chi connectivity index (χ3v) is 2.06. The van der Waals surface area contributed by atoms with Crippen LogP contribution in [-0.4, -0.2) is 7.11 Å². The van der Waals surface area contributed by atoms with E-state index in [0.717, 1.165) is 10.0 Å².